The first-order valence-corrected chi connectivity index (χ1v) is 5.69. The Balaban J connectivity index is 2.51. The third kappa shape index (κ3) is 4.01. The van der Waals surface area contributed by atoms with Gasteiger partial charge in [0, 0.05) is 6.04 Å². The second-order valence-electron chi connectivity index (χ2n) is 3.89. The number of halogens is 1. The maximum absolute atomic E-state index is 12.9. The molecule has 0 aromatic heterocycles. The van der Waals surface area contributed by atoms with Crippen LogP contribution in [0.5, 0.6) is 0 Å². The molecule has 0 bridgehead atoms. The van der Waals surface area contributed by atoms with Crippen LogP contribution in [-0.4, -0.2) is 11.9 Å². The summed E-state index contributed by atoms with van der Waals surface area (Å²) < 4.78 is 12.9. The van der Waals surface area contributed by atoms with E-state index in [1.54, 1.807) is 12.1 Å². The van der Waals surface area contributed by atoms with Crippen molar-refractivity contribution >= 4 is 5.91 Å². The average molecular weight is 223 g/mol. The first-order valence-electron chi connectivity index (χ1n) is 5.69. The summed E-state index contributed by atoms with van der Waals surface area (Å²) in [5.74, 6) is -0.341. The molecule has 0 atom stereocenters. The monoisotopic (exact) mass is 223 g/mol. The van der Waals surface area contributed by atoms with Crippen molar-refractivity contribution in [3.63, 3.8) is 0 Å². The number of benzene rings is 1. The summed E-state index contributed by atoms with van der Waals surface area (Å²) in [5.41, 5.74) is 0.712. The van der Waals surface area contributed by atoms with Crippen molar-refractivity contribution in [1.29, 1.82) is 0 Å². The van der Waals surface area contributed by atoms with Crippen LogP contribution in [0.15, 0.2) is 24.3 Å². The van der Waals surface area contributed by atoms with Gasteiger partial charge in [0.1, 0.15) is 5.82 Å². The second kappa shape index (κ2) is 6.26. The topological polar surface area (TPSA) is 29.1 Å². The highest BCUT2D eigenvalue weighted by Gasteiger charge is 2.08. The minimum atomic E-state index is -0.298. The molecule has 0 saturated carbocycles. The fourth-order valence-electron chi connectivity index (χ4n) is 1.60. The molecule has 0 aliphatic heterocycles. The highest BCUT2D eigenvalue weighted by molar-refractivity contribution is 5.78. The Morgan fingerprint density at radius 2 is 2.06 bits per heavy atom. The Hall–Kier alpha value is -1.38. The van der Waals surface area contributed by atoms with Crippen molar-refractivity contribution < 1.29 is 9.18 Å². The van der Waals surface area contributed by atoms with Gasteiger partial charge in [-0.2, -0.15) is 0 Å². The van der Waals surface area contributed by atoms with Gasteiger partial charge in [-0.05, 0) is 30.5 Å². The zero-order chi connectivity index (χ0) is 12.0. The zero-order valence-electron chi connectivity index (χ0n) is 9.79. The fraction of sp³-hybridized carbons (Fsp3) is 0.462. The van der Waals surface area contributed by atoms with Gasteiger partial charge in [-0.1, -0.05) is 26.0 Å². The van der Waals surface area contributed by atoms with E-state index >= 15 is 0 Å². The lowest BCUT2D eigenvalue weighted by Gasteiger charge is -2.14. The van der Waals surface area contributed by atoms with E-state index in [2.05, 4.69) is 5.32 Å². The summed E-state index contributed by atoms with van der Waals surface area (Å²) >= 11 is 0. The van der Waals surface area contributed by atoms with E-state index in [-0.39, 0.29) is 24.2 Å². The summed E-state index contributed by atoms with van der Waals surface area (Å²) in [4.78, 5) is 11.6. The third-order valence-electron chi connectivity index (χ3n) is 2.60. The van der Waals surface area contributed by atoms with Gasteiger partial charge in [0.2, 0.25) is 5.91 Å². The van der Waals surface area contributed by atoms with E-state index in [0.717, 1.165) is 12.8 Å². The van der Waals surface area contributed by atoms with E-state index < -0.39 is 0 Å². The molecule has 1 N–H and O–H groups in total. The minimum absolute atomic E-state index is 0.0423. The lowest BCUT2D eigenvalue weighted by atomic mass is 10.1. The Morgan fingerprint density at radius 1 is 1.38 bits per heavy atom. The van der Waals surface area contributed by atoms with Gasteiger partial charge in [-0.15, -0.1) is 0 Å². The van der Waals surface area contributed by atoms with Crippen LogP contribution in [0, 0.1) is 5.82 Å². The summed E-state index contributed by atoms with van der Waals surface area (Å²) in [5, 5.41) is 2.92. The van der Waals surface area contributed by atoms with Crippen molar-refractivity contribution in [2.45, 2.75) is 39.2 Å². The van der Waals surface area contributed by atoms with Crippen LogP contribution in [0.1, 0.15) is 32.3 Å². The largest absolute Gasteiger partial charge is 0.353 e. The molecule has 1 rings (SSSR count). The molecule has 88 valence electrons. The van der Waals surface area contributed by atoms with Crippen LogP contribution in [0.3, 0.4) is 0 Å². The van der Waals surface area contributed by atoms with Gasteiger partial charge in [-0.3, -0.25) is 4.79 Å². The molecular weight excluding hydrogens is 205 g/mol. The standard InChI is InChI=1S/C13H18FNO/c1-3-12(4-2)15-13(16)9-10-6-5-7-11(14)8-10/h5-8,12H,3-4,9H2,1-2H3,(H,15,16). The SMILES string of the molecule is CCC(CC)NC(=O)Cc1cccc(F)c1. The first-order chi connectivity index (χ1) is 7.65. The molecule has 0 aliphatic rings. The normalized spacial score (nSPS) is 10.5. The lowest BCUT2D eigenvalue weighted by molar-refractivity contribution is -0.121. The number of hydrogen-bond acceptors (Lipinski definition) is 1. The second-order valence-corrected chi connectivity index (χ2v) is 3.89. The Bertz CT molecular complexity index is 348. The molecule has 0 fully saturated rings. The summed E-state index contributed by atoms with van der Waals surface area (Å²) in [6.07, 6.45) is 2.09. The molecule has 1 amide bonds. The number of amides is 1. The number of carbonyl (C=O) groups is 1. The van der Waals surface area contributed by atoms with E-state index in [9.17, 15) is 9.18 Å². The predicted octanol–water partition coefficient (Wildman–Crippen LogP) is 2.67. The van der Waals surface area contributed by atoms with Crippen LogP contribution in [0.4, 0.5) is 4.39 Å². The van der Waals surface area contributed by atoms with Crippen LogP contribution in [0.25, 0.3) is 0 Å². The Morgan fingerprint density at radius 3 is 2.62 bits per heavy atom. The maximum atomic E-state index is 12.9. The van der Waals surface area contributed by atoms with Gasteiger partial charge >= 0.3 is 0 Å². The molecule has 0 spiro atoms. The minimum Gasteiger partial charge on any atom is -0.353 e. The zero-order valence-corrected chi connectivity index (χ0v) is 9.79. The number of hydrogen-bond donors (Lipinski definition) is 1. The Kier molecular flexibility index (Phi) is 4.96. The quantitative estimate of drug-likeness (QED) is 0.817. The molecule has 0 unspecified atom stereocenters. The molecule has 0 aliphatic carbocycles. The van der Waals surface area contributed by atoms with Gasteiger partial charge in [0.25, 0.3) is 0 Å². The molecule has 2 nitrogen and oxygen atoms in total. The van der Waals surface area contributed by atoms with E-state index in [4.69, 9.17) is 0 Å². The molecule has 1 aromatic carbocycles. The summed E-state index contributed by atoms with van der Waals surface area (Å²) in [6, 6.07) is 6.38. The van der Waals surface area contributed by atoms with Gasteiger partial charge in [0.15, 0.2) is 0 Å². The van der Waals surface area contributed by atoms with Crippen molar-refractivity contribution in [2.75, 3.05) is 0 Å². The van der Waals surface area contributed by atoms with Gasteiger partial charge in [0.05, 0.1) is 6.42 Å². The van der Waals surface area contributed by atoms with Crippen LogP contribution >= 0.6 is 0 Å². The highest BCUT2D eigenvalue weighted by Crippen LogP contribution is 2.05. The number of rotatable bonds is 5. The van der Waals surface area contributed by atoms with Crippen molar-refractivity contribution in [3.05, 3.63) is 35.6 Å². The highest BCUT2D eigenvalue weighted by atomic mass is 19.1. The molecule has 3 heteroatoms. The van der Waals surface area contributed by atoms with E-state index in [0.29, 0.717) is 5.56 Å². The number of carbonyl (C=O) groups excluding carboxylic acids is 1. The summed E-state index contributed by atoms with van der Waals surface area (Å²) in [7, 11) is 0. The Labute approximate surface area is 95.9 Å². The van der Waals surface area contributed by atoms with Crippen molar-refractivity contribution in [1.82, 2.24) is 5.32 Å². The average Bonchev–Trinajstić information content (AvgIpc) is 2.26. The predicted molar refractivity (Wildman–Crippen MR) is 62.6 cm³/mol. The van der Waals surface area contributed by atoms with Gasteiger partial charge < -0.3 is 5.32 Å². The lowest BCUT2D eigenvalue weighted by Crippen LogP contribution is -2.34. The van der Waals surface area contributed by atoms with Crippen molar-refractivity contribution in [3.8, 4) is 0 Å². The fourth-order valence-corrected chi connectivity index (χ4v) is 1.60. The van der Waals surface area contributed by atoms with Crippen LogP contribution < -0.4 is 5.32 Å². The molecule has 1 aromatic rings. The van der Waals surface area contributed by atoms with Crippen LogP contribution in [-0.2, 0) is 11.2 Å². The number of nitrogens with one attached hydrogen (secondary N) is 1. The molecule has 0 saturated heterocycles. The molecule has 16 heavy (non-hydrogen) atoms. The van der Waals surface area contributed by atoms with Crippen molar-refractivity contribution in [2.24, 2.45) is 0 Å². The van der Waals surface area contributed by atoms with Gasteiger partial charge in [-0.25, -0.2) is 4.39 Å². The smallest absolute Gasteiger partial charge is 0.224 e. The molecule has 0 radical (unpaired) electrons. The van der Waals surface area contributed by atoms with E-state index in [1.165, 1.54) is 12.1 Å². The maximum Gasteiger partial charge on any atom is 0.224 e. The van der Waals surface area contributed by atoms with E-state index in [1.807, 2.05) is 13.8 Å². The molecular formula is C13H18FNO. The molecule has 0 heterocycles. The third-order valence-corrected chi connectivity index (χ3v) is 2.60. The summed E-state index contributed by atoms with van der Waals surface area (Å²) in [6.45, 7) is 4.08. The van der Waals surface area contributed by atoms with Crippen LogP contribution in [0.2, 0.25) is 0 Å². The first kappa shape index (κ1) is 12.7.